The molecule has 3 rings (SSSR count). The Balaban J connectivity index is 1.65. The van der Waals surface area contributed by atoms with Crippen LogP contribution in [-0.2, 0) is 13.1 Å². The molecule has 0 spiro atoms. The molecule has 1 atom stereocenters. The van der Waals surface area contributed by atoms with Crippen molar-refractivity contribution in [1.82, 2.24) is 14.7 Å². The molecule has 24 heavy (non-hydrogen) atoms. The fraction of sp³-hybridized carbons (Fsp3) is 0.550. The summed E-state index contributed by atoms with van der Waals surface area (Å²) in [5.74, 6) is 0.690. The molecule has 1 fully saturated rings. The first-order valence-corrected chi connectivity index (χ1v) is 9.10. The molecule has 0 radical (unpaired) electrons. The summed E-state index contributed by atoms with van der Waals surface area (Å²) in [5.41, 5.74) is 5.12. The fourth-order valence-electron chi connectivity index (χ4n) is 3.87. The minimum Gasteiger partial charge on any atom is -0.394 e. The topological polar surface area (TPSA) is 41.3 Å². The van der Waals surface area contributed by atoms with Gasteiger partial charge in [0.2, 0.25) is 0 Å². The van der Waals surface area contributed by atoms with Gasteiger partial charge in [-0.1, -0.05) is 30.3 Å². The van der Waals surface area contributed by atoms with E-state index >= 15 is 0 Å². The third kappa shape index (κ3) is 3.87. The molecular formula is C20H29N3O. The summed E-state index contributed by atoms with van der Waals surface area (Å²) in [4.78, 5) is 2.57. The van der Waals surface area contributed by atoms with Crippen LogP contribution < -0.4 is 0 Å². The Morgan fingerprint density at radius 2 is 1.92 bits per heavy atom. The van der Waals surface area contributed by atoms with E-state index in [0.29, 0.717) is 12.5 Å². The Labute approximate surface area is 145 Å². The van der Waals surface area contributed by atoms with E-state index in [0.717, 1.165) is 25.3 Å². The highest BCUT2D eigenvalue weighted by atomic mass is 16.3. The number of hydrogen-bond acceptors (Lipinski definition) is 3. The lowest BCUT2D eigenvalue weighted by atomic mass is 9.92. The summed E-state index contributed by atoms with van der Waals surface area (Å²) in [6.45, 7) is 8.21. The maximum absolute atomic E-state index is 9.17. The summed E-state index contributed by atoms with van der Waals surface area (Å²) in [6, 6.07) is 10.9. The fourth-order valence-corrected chi connectivity index (χ4v) is 3.87. The van der Waals surface area contributed by atoms with Crippen LogP contribution in [-0.4, -0.2) is 39.5 Å². The standard InChI is InChI=1S/C20H29N3O/c1-16-20(17(2)23(21-16)13-14-24)15-22-11-6-9-19(10-12-22)18-7-4-3-5-8-18/h3-5,7-8,19,24H,6,9-15H2,1-2H3. The van der Waals surface area contributed by atoms with E-state index in [1.165, 1.54) is 36.1 Å². The zero-order chi connectivity index (χ0) is 16.9. The smallest absolute Gasteiger partial charge is 0.0644 e. The van der Waals surface area contributed by atoms with Crippen molar-refractivity contribution in [3.8, 4) is 0 Å². The Hall–Kier alpha value is -1.65. The van der Waals surface area contributed by atoms with Crippen LogP contribution in [0.2, 0.25) is 0 Å². The molecule has 1 aromatic heterocycles. The number of aliphatic hydroxyl groups excluding tert-OH is 1. The van der Waals surface area contributed by atoms with Crippen LogP contribution in [0.1, 0.15) is 47.7 Å². The maximum atomic E-state index is 9.17. The van der Waals surface area contributed by atoms with Crippen LogP contribution >= 0.6 is 0 Å². The van der Waals surface area contributed by atoms with Crippen molar-refractivity contribution in [1.29, 1.82) is 0 Å². The molecule has 1 saturated heterocycles. The second-order valence-electron chi connectivity index (χ2n) is 6.91. The summed E-state index contributed by atoms with van der Waals surface area (Å²) in [5, 5.41) is 13.8. The number of rotatable bonds is 5. The number of aryl methyl sites for hydroxylation is 1. The lowest BCUT2D eigenvalue weighted by Crippen LogP contribution is -2.25. The second kappa shape index (κ2) is 7.95. The predicted octanol–water partition coefficient (Wildman–Crippen LogP) is 3.26. The lowest BCUT2D eigenvalue weighted by molar-refractivity contribution is 0.266. The van der Waals surface area contributed by atoms with Crippen molar-refractivity contribution in [3.63, 3.8) is 0 Å². The predicted molar refractivity (Wildman–Crippen MR) is 97.1 cm³/mol. The molecule has 0 aliphatic carbocycles. The van der Waals surface area contributed by atoms with Crippen molar-refractivity contribution in [3.05, 3.63) is 52.8 Å². The van der Waals surface area contributed by atoms with Crippen molar-refractivity contribution < 1.29 is 5.11 Å². The van der Waals surface area contributed by atoms with E-state index in [2.05, 4.69) is 54.2 Å². The molecule has 0 bridgehead atoms. The van der Waals surface area contributed by atoms with Crippen LogP contribution in [0.4, 0.5) is 0 Å². The molecule has 1 aliphatic heterocycles. The largest absolute Gasteiger partial charge is 0.394 e. The van der Waals surface area contributed by atoms with E-state index in [9.17, 15) is 0 Å². The first-order chi connectivity index (χ1) is 11.7. The van der Waals surface area contributed by atoms with E-state index < -0.39 is 0 Å². The van der Waals surface area contributed by atoms with Gasteiger partial charge in [-0.2, -0.15) is 5.10 Å². The molecule has 1 aromatic carbocycles. The van der Waals surface area contributed by atoms with Gasteiger partial charge in [0.1, 0.15) is 0 Å². The Morgan fingerprint density at radius 1 is 1.12 bits per heavy atom. The van der Waals surface area contributed by atoms with Gasteiger partial charge in [-0.15, -0.1) is 0 Å². The molecule has 130 valence electrons. The highest BCUT2D eigenvalue weighted by Crippen LogP contribution is 2.28. The van der Waals surface area contributed by atoms with Gasteiger partial charge in [-0.05, 0) is 57.7 Å². The highest BCUT2D eigenvalue weighted by Gasteiger charge is 2.20. The van der Waals surface area contributed by atoms with E-state index in [1.54, 1.807) is 0 Å². The van der Waals surface area contributed by atoms with E-state index in [1.807, 2.05) is 4.68 Å². The number of aromatic nitrogens is 2. The van der Waals surface area contributed by atoms with Crippen molar-refractivity contribution in [2.24, 2.45) is 0 Å². The quantitative estimate of drug-likeness (QED) is 0.916. The van der Waals surface area contributed by atoms with Crippen molar-refractivity contribution >= 4 is 0 Å². The Morgan fingerprint density at radius 3 is 2.67 bits per heavy atom. The second-order valence-corrected chi connectivity index (χ2v) is 6.91. The third-order valence-corrected chi connectivity index (χ3v) is 5.32. The first kappa shape index (κ1) is 17.2. The Bertz CT molecular complexity index is 650. The summed E-state index contributed by atoms with van der Waals surface area (Å²) in [7, 11) is 0. The van der Waals surface area contributed by atoms with Gasteiger partial charge in [-0.3, -0.25) is 9.58 Å². The van der Waals surface area contributed by atoms with Crippen molar-refractivity contribution in [2.75, 3.05) is 19.7 Å². The minimum atomic E-state index is 0.143. The van der Waals surface area contributed by atoms with Gasteiger partial charge in [0.05, 0.1) is 18.8 Å². The zero-order valence-electron chi connectivity index (χ0n) is 14.9. The number of aliphatic hydroxyl groups is 1. The number of likely N-dealkylation sites (tertiary alicyclic amines) is 1. The van der Waals surface area contributed by atoms with Crippen molar-refractivity contribution in [2.45, 2.75) is 52.1 Å². The van der Waals surface area contributed by atoms with Crippen LogP contribution in [0.15, 0.2) is 30.3 Å². The molecule has 0 amide bonds. The number of nitrogens with zero attached hydrogens (tertiary/aromatic N) is 3. The molecule has 1 N–H and O–H groups in total. The SMILES string of the molecule is Cc1nn(CCO)c(C)c1CN1CCCC(c2ccccc2)CC1. The summed E-state index contributed by atoms with van der Waals surface area (Å²) in [6.07, 6.45) is 3.76. The van der Waals surface area contributed by atoms with Gasteiger partial charge in [0.15, 0.2) is 0 Å². The Kier molecular flexibility index (Phi) is 5.69. The van der Waals surface area contributed by atoms with Gasteiger partial charge >= 0.3 is 0 Å². The molecule has 0 saturated carbocycles. The van der Waals surface area contributed by atoms with Gasteiger partial charge < -0.3 is 5.11 Å². The molecular weight excluding hydrogens is 298 g/mol. The zero-order valence-corrected chi connectivity index (χ0v) is 14.9. The molecule has 1 aliphatic rings. The third-order valence-electron chi connectivity index (χ3n) is 5.32. The molecule has 4 nitrogen and oxygen atoms in total. The number of hydrogen-bond donors (Lipinski definition) is 1. The molecule has 2 aromatic rings. The average Bonchev–Trinajstić information content (AvgIpc) is 2.78. The lowest BCUT2D eigenvalue weighted by Gasteiger charge is -2.20. The maximum Gasteiger partial charge on any atom is 0.0644 e. The van der Waals surface area contributed by atoms with Crippen LogP contribution in [0.3, 0.4) is 0 Å². The summed E-state index contributed by atoms with van der Waals surface area (Å²) < 4.78 is 1.94. The average molecular weight is 327 g/mol. The highest BCUT2D eigenvalue weighted by molar-refractivity contribution is 5.24. The van der Waals surface area contributed by atoms with Crippen LogP contribution in [0.25, 0.3) is 0 Å². The van der Waals surface area contributed by atoms with Crippen LogP contribution in [0.5, 0.6) is 0 Å². The van der Waals surface area contributed by atoms with Gasteiger partial charge in [0.25, 0.3) is 0 Å². The number of benzene rings is 1. The summed E-state index contributed by atoms with van der Waals surface area (Å²) >= 11 is 0. The monoisotopic (exact) mass is 327 g/mol. The first-order valence-electron chi connectivity index (χ1n) is 9.10. The van der Waals surface area contributed by atoms with Gasteiger partial charge in [0, 0.05) is 17.8 Å². The molecule has 1 unspecified atom stereocenters. The van der Waals surface area contributed by atoms with Crippen LogP contribution in [0, 0.1) is 13.8 Å². The van der Waals surface area contributed by atoms with E-state index in [-0.39, 0.29) is 6.61 Å². The van der Waals surface area contributed by atoms with Gasteiger partial charge in [-0.25, -0.2) is 0 Å². The molecule has 4 heteroatoms. The normalized spacial score (nSPS) is 19.4. The van der Waals surface area contributed by atoms with E-state index in [4.69, 9.17) is 5.11 Å². The minimum absolute atomic E-state index is 0.143. The molecule has 2 heterocycles.